The lowest BCUT2D eigenvalue weighted by atomic mass is 9.76. The van der Waals surface area contributed by atoms with E-state index in [1.54, 1.807) is 19.2 Å². The molecule has 0 saturated heterocycles. The minimum absolute atomic E-state index is 0.200. The SMILES string of the molecule is COc1ccc(B(O)O)c(CN(C)CC(C)(C)C)c1. The first-order valence-corrected chi connectivity index (χ1v) is 6.44. The van der Waals surface area contributed by atoms with Crippen LogP contribution < -0.4 is 10.2 Å². The van der Waals surface area contributed by atoms with Crippen LogP contribution in [0.15, 0.2) is 18.2 Å². The zero-order chi connectivity index (χ0) is 14.6. The summed E-state index contributed by atoms with van der Waals surface area (Å²) in [6.45, 7) is 8.11. The standard InChI is InChI=1S/C14H24BNO3/c1-14(2,3)10-16(4)9-11-8-12(19-5)6-7-13(11)15(17)18/h6-8,17-18H,9-10H2,1-5H3. The molecular weight excluding hydrogens is 241 g/mol. The Morgan fingerprint density at radius 3 is 2.37 bits per heavy atom. The molecule has 0 spiro atoms. The van der Waals surface area contributed by atoms with Crippen LogP contribution in [-0.2, 0) is 6.54 Å². The Hall–Kier alpha value is -1.04. The summed E-state index contributed by atoms with van der Waals surface area (Å²) >= 11 is 0. The lowest BCUT2D eigenvalue weighted by Crippen LogP contribution is -2.36. The van der Waals surface area contributed by atoms with Crippen molar-refractivity contribution in [1.29, 1.82) is 0 Å². The predicted molar refractivity (Wildman–Crippen MR) is 78.6 cm³/mol. The van der Waals surface area contributed by atoms with E-state index in [0.29, 0.717) is 12.0 Å². The molecule has 0 heterocycles. The summed E-state index contributed by atoms with van der Waals surface area (Å²) in [7, 11) is 2.18. The number of methoxy groups -OCH3 is 1. The van der Waals surface area contributed by atoms with Crippen LogP contribution in [0.2, 0.25) is 0 Å². The van der Waals surface area contributed by atoms with E-state index in [4.69, 9.17) is 4.74 Å². The smallest absolute Gasteiger partial charge is 0.488 e. The van der Waals surface area contributed by atoms with Crippen molar-refractivity contribution in [3.05, 3.63) is 23.8 Å². The molecule has 1 aromatic carbocycles. The summed E-state index contributed by atoms with van der Waals surface area (Å²) < 4.78 is 5.19. The minimum Gasteiger partial charge on any atom is -0.497 e. The second-order valence-electron chi connectivity index (χ2n) is 6.17. The Morgan fingerprint density at radius 2 is 1.89 bits per heavy atom. The fraction of sp³-hybridized carbons (Fsp3) is 0.571. The number of benzene rings is 1. The highest BCUT2D eigenvalue weighted by Gasteiger charge is 2.19. The van der Waals surface area contributed by atoms with Crippen LogP contribution in [0.5, 0.6) is 5.75 Å². The molecule has 0 fully saturated rings. The maximum atomic E-state index is 9.41. The molecule has 4 nitrogen and oxygen atoms in total. The quantitative estimate of drug-likeness (QED) is 0.775. The molecule has 5 heteroatoms. The van der Waals surface area contributed by atoms with Crippen molar-refractivity contribution in [2.75, 3.05) is 20.7 Å². The van der Waals surface area contributed by atoms with Gasteiger partial charge in [-0.2, -0.15) is 0 Å². The van der Waals surface area contributed by atoms with E-state index in [1.165, 1.54) is 0 Å². The van der Waals surface area contributed by atoms with Crippen molar-refractivity contribution in [3.8, 4) is 5.75 Å². The molecule has 0 aliphatic carbocycles. The van der Waals surface area contributed by atoms with E-state index in [0.717, 1.165) is 17.9 Å². The number of hydrogen-bond acceptors (Lipinski definition) is 4. The van der Waals surface area contributed by atoms with Gasteiger partial charge in [-0.05, 0) is 35.6 Å². The van der Waals surface area contributed by atoms with Crippen LogP contribution in [-0.4, -0.2) is 42.8 Å². The summed E-state index contributed by atoms with van der Waals surface area (Å²) in [6.07, 6.45) is 0. The molecule has 2 N–H and O–H groups in total. The molecule has 106 valence electrons. The van der Waals surface area contributed by atoms with Crippen LogP contribution in [0.25, 0.3) is 0 Å². The molecule has 1 aromatic rings. The summed E-state index contributed by atoms with van der Waals surface area (Å²) in [4.78, 5) is 2.17. The maximum Gasteiger partial charge on any atom is 0.488 e. The normalized spacial score (nSPS) is 11.8. The van der Waals surface area contributed by atoms with Gasteiger partial charge in [0.05, 0.1) is 7.11 Å². The number of nitrogens with zero attached hydrogens (tertiary/aromatic N) is 1. The molecule has 0 amide bonds. The Morgan fingerprint density at radius 1 is 1.26 bits per heavy atom. The van der Waals surface area contributed by atoms with Crippen molar-refractivity contribution in [2.24, 2.45) is 5.41 Å². The van der Waals surface area contributed by atoms with Gasteiger partial charge in [-0.25, -0.2) is 0 Å². The minimum atomic E-state index is -1.45. The Labute approximate surface area is 116 Å². The molecule has 0 aromatic heterocycles. The van der Waals surface area contributed by atoms with Gasteiger partial charge >= 0.3 is 7.12 Å². The second-order valence-corrected chi connectivity index (χ2v) is 6.17. The Kier molecular flexibility index (Phi) is 5.41. The van der Waals surface area contributed by atoms with Gasteiger partial charge in [-0.1, -0.05) is 26.8 Å². The number of rotatable bonds is 5. The van der Waals surface area contributed by atoms with Gasteiger partial charge in [0, 0.05) is 13.1 Å². The average molecular weight is 265 g/mol. The number of ether oxygens (including phenoxy) is 1. The van der Waals surface area contributed by atoms with E-state index in [-0.39, 0.29) is 5.41 Å². The van der Waals surface area contributed by atoms with E-state index in [9.17, 15) is 10.0 Å². The third kappa shape index (κ3) is 5.23. The first kappa shape index (κ1) is 16.0. The van der Waals surface area contributed by atoms with Crippen LogP contribution in [0, 0.1) is 5.41 Å². The third-order valence-corrected chi connectivity index (χ3v) is 2.81. The van der Waals surface area contributed by atoms with Gasteiger partial charge in [0.2, 0.25) is 0 Å². The molecule has 19 heavy (non-hydrogen) atoms. The molecule has 1 rings (SSSR count). The van der Waals surface area contributed by atoms with Gasteiger partial charge in [0.1, 0.15) is 5.75 Å². The molecule has 0 radical (unpaired) electrons. The van der Waals surface area contributed by atoms with Crippen LogP contribution >= 0.6 is 0 Å². The first-order valence-electron chi connectivity index (χ1n) is 6.44. The van der Waals surface area contributed by atoms with Crippen LogP contribution in [0.4, 0.5) is 0 Å². The zero-order valence-corrected chi connectivity index (χ0v) is 12.5. The second kappa shape index (κ2) is 6.41. The van der Waals surface area contributed by atoms with E-state index in [1.807, 2.05) is 13.1 Å². The molecule has 0 saturated carbocycles. The summed E-state index contributed by atoms with van der Waals surface area (Å²) in [5.74, 6) is 0.726. The molecule has 0 aliphatic heterocycles. The Bertz CT molecular complexity index is 416. The van der Waals surface area contributed by atoms with Gasteiger partial charge in [-0.15, -0.1) is 0 Å². The maximum absolute atomic E-state index is 9.41. The number of hydrogen-bond donors (Lipinski definition) is 2. The lowest BCUT2D eigenvalue weighted by molar-refractivity contribution is 0.221. The summed E-state index contributed by atoms with van der Waals surface area (Å²) in [5, 5.41) is 18.8. The van der Waals surface area contributed by atoms with E-state index >= 15 is 0 Å². The Balaban J connectivity index is 2.91. The topological polar surface area (TPSA) is 52.9 Å². The van der Waals surface area contributed by atoms with Crippen molar-refractivity contribution in [2.45, 2.75) is 27.3 Å². The third-order valence-electron chi connectivity index (χ3n) is 2.81. The molecule has 0 aliphatic rings. The van der Waals surface area contributed by atoms with Crippen LogP contribution in [0.3, 0.4) is 0 Å². The fourth-order valence-electron chi connectivity index (χ4n) is 2.25. The highest BCUT2D eigenvalue weighted by molar-refractivity contribution is 6.59. The molecule has 0 atom stereocenters. The predicted octanol–water partition coefficient (Wildman–Crippen LogP) is 0.853. The lowest BCUT2D eigenvalue weighted by Gasteiger charge is -2.27. The molecule has 0 unspecified atom stereocenters. The van der Waals surface area contributed by atoms with Gasteiger partial charge in [0.25, 0.3) is 0 Å². The molecule has 0 bridgehead atoms. The average Bonchev–Trinajstić information content (AvgIpc) is 2.25. The van der Waals surface area contributed by atoms with E-state index < -0.39 is 7.12 Å². The van der Waals surface area contributed by atoms with E-state index in [2.05, 4.69) is 25.7 Å². The van der Waals surface area contributed by atoms with Crippen molar-refractivity contribution in [3.63, 3.8) is 0 Å². The monoisotopic (exact) mass is 265 g/mol. The van der Waals surface area contributed by atoms with Crippen LogP contribution in [0.1, 0.15) is 26.3 Å². The van der Waals surface area contributed by atoms with Crippen molar-refractivity contribution >= 4 is 12.6 Å². The summed E-state index contributed by atoms with van der Waals surface area (Å²) in [6, 6.07) is 5.29. The first-order chi connectivity index (χ1) is 8.73. The molecular formula is C14H24BNO3. The largest absolute Gasteiger partial charge is 0.497 e. The highest BCUT2D eigenvalue weighted by Crippen LogP contribution is 2.17. The zero-order valence-electron chi connectivity index (χ0n) is 12.5. The summed E-state index contributed by atoms with van der Waals surface area (Å²) in [5.41, 5.74) is 1.61. The van der Waals surface area contributed by atoms with Gasteiger partial charge in [0.15, 0.2) is 0 Å². The van der Waals surface area contributed by atoms with Crippen molar-refractivity contribution in [1.82, 2.24) is 4.90 Å². The highest BCUT2D eigenvalue weighted by atomic mass is 16.5. The van der Waals surface area contributed by atoms with Gasteiger partial charge < -0.3 is 19.7 Å². The van der Waals surface area contributed by atoms with Gasteiger partial charge in [-0.3, -0.25) is 0 Å². The van der Waals surface area contributed by atoms with Crippen molar-refractivity contribution < 1.29 is 14.8 Å². The fourth-order valence-corrected chi connectivity index (χ4v) is 2.25.